The molecule has 1 heterocycles. The Morgan fingerprint density at radius 2 is 2.00 bits per heavy atom. The molecule has 0 bridgehead atoms. The van der Waals surface area contributed by atoms with E-state index in [4.69, 9.17) is 5.73 Å². The molecular weight excluding hydrogens is 281 g/mol. The maximum Gasteiger partial charge on any atom is 0.262 e. The Bertz CT molecular complexity index is 737. The molecule has 0 atom stereocenters. The van der Waals surface area contributed by atoms with Crippen LogP contribution in [0.5, 0.6) is 0 Å². The molecule has 0 amide bonds. The van der Waals surface area contributed by atoms with Gasteiger partial charge in [0.05, 0.1) is 16.8 Å². The van der Waals surface area contributed by atoms with Gasteiger partial charge >= 0.3 is 0 Å². The Labute approximate surface area is 116 Å². The van der Waals surface area contributed by atoms with E-state index in [9.17, 15) is 12.8 Å². The summed E-state index contributed by atoms with van der Waals surface area (Å²) in [5.41, 5.74) is 7.55. The van der Waals surface area contributed by atoms with Gasteiger partial charge in [0.2, 0.25) is 0 Å². The van der Waals surface area contributed by atoms with E-state index in [0.29, 0.717) is 5.69 Å². The van der Waals surface area contributed by atoms with Crippen LogP contribution in [0.4, 0.5) is 15.8 Å². The van der Waals surface area contributed by atoms with Crippen LogP contribution in [0.2, 0.25) is 0 Å². The van der Waals surface area contributed by atoms with Gasteiger partial charge in [0, 0.05) is 11.9 Å². The van der Waals surface area contributed by atoms with Gasteiger partial charge in [0.25, 0.3) is 10.0 Å². The van der Waals surface area contributed by atoms with Gasteiger partial charge in [-0.25, -0.2) is 12.8 Å². The van der Waals surface area contributed by atoms with E-state index in [1.54, 1.807) is 13.8 Å². The van der Waals surface area contributed by atoms with Gasteiger partial charge in [-0.1, -0.05) is 0 Å². The lowest BCUT2D eigenvalue weighted by molar-refractivity contribution is 0.598. The van der Waals surface area contributed by atoms with Crippen molar-refractivity contribution in [1.82, 2.24) is 4.98 Å². The molecule has 0 aliphatic carbocycles. The zero-order valence-electron chi connectivity index (χ0n) is 11.0. The van der Waals surface area contributed by atoms with Crippen LogP contribution in [0, 0.1) is 19.7 Å². The van der Waals surface area contributed by atoms with Crippen LogP contribution in [0.1, 0.15) is 11.1 Å². The van der Waals surface area contributed by atoms with E-state index in [1.165, 1.54) is 24.4 Å². The lowest BCUT2D eigenvalue weighted by Crippen LogP contribution is -2.15. The molecule has 2 rings (SSSR count). The number of sulfonamides is 1. The number of nitrogens with one attached hydrogen (secondary N) is 1. The molecule has 2 aromatic rings. The lowest BCUT2D eigenvalue weighted by Gasteiger charge is -2.11. The Kier molecular flexibility index (Phi) is 3.63. The fourth-order valence-electron chi connectivity index (χ4n) is 1.67. The monoisotopic (exact) mass is 295 g/mol. The largest absolute Gasteiger partial charge is 0.398 e. The number of aryl methyl sites for hydroxylation is 1. The fraction of sp³-hybridized carbons (Fsp3) is 0.154. The van der Waals surface area contributed by atoms with Crippen LogP contribution < -0.4 is 10.5 Å². The number of nitrogen functional groups attached to an aromatic ring is 1. The van der Waals surface area contributed by atoms with Gasteiger partial charge in [-0.15, -0.1) is 0 Å². The molecule has 0 fully saturated rings. The molecule has 106 valence electrons. The number of nitrogens with zero attached hydrogens (tertiary/aromatic N) is 1. The number of anilines is 2. The number of halogens is 1. The summed E-state index contributed by atoms with van der Waals surface area (Å²) < 4.78 is 40.1. The first-order valence-corrected chi connectivity index (χ1v) is 7.28. The third kappa shape index (κ3) is 2.72. The second-order valence-electron chi connectivity index (χ2n) is 4.42. The number of aromatic nitrogens is 1. The summed E-state index contributed by atoms with van der Waals surface area (Å²) in [6.45, 7) is 3.56. The number of pyridine rings is 1. The van der Waals surface area contributed by atoms with E-state index in [-0.39, 0.29) is 10.6 Å². The molecule has 1 aromatic heterocycles. The molecule has 0 unspecified atom stereocenters. The first-order chi connectivity index (χ1) is 9.31. The predicted molar refractivity (Wildman–Crippen MR) is 75.3 cm³/mol. The highest BCUT2D eigenvalue weighted by atomic mass is 32.2. The summed E-state index contributed by atoms with van der Waals surface area (Å²) in [6.07, 6.45) is 2.24. The van der Waals surface area contributed by atoms with Crippen molar-refractivity contribution in [2.75, 3.05) is 10.5 Å². The van der Waals surface area contributed by atoms with Crippen LogP contribution >= 0.6 is 0 Å². The van der Waals surface area contributed by atoms with E-state index < -0.39 is 15.8 Å². The second kappa shape index (κ2) is 5.09. The maximum absolute atomic E-state index is 13.4. The fourth-order valence-corrected chi connectivity index (χ4v) is 2.86. The van der Waals surface area contributed by atoms with Crippen LogP contribution in [0.3, 0.4) is 0 Å². The molecule has 3 N–H and O–H groups in total. The molecule has 0 saturated heterocycles. The van der Waals surface area contributed by atoms with Gasteiger partial charge < -0.3 is 5.73 Å². The molecule has 0 aliphatic rings. The average Bonchev–Trinajstić information content (AvgIpc) is 2.38. The van der Waals surface area contributed by atoms with Gasteiger partial charge in [-0.3, -0.25) is 9.71 Å². The minimum absolute atomic E-state index is 0.00527. The van der Waals surface area contributed by atoms with Crippen molar-refractivity contribution < 1.29 is 12.8 Å². The minimum atomic E-state index is -3.90. The highest BCUT2D eigenvalue weighted by molar-refractivity contribution is 7.92. The van der Waals surface area contributed by atoms with Crippen molar-refractivity contribution in [3.63, 3.8) is 0 Å². The molecule has 20 heavy (non-hydrogen) atoms. The van der Waals surface area contributed by atoms with Crippen molar-refractivity contribution >= 4 is 21.4 Å². The molecule has 1 aromatic carbocycles. The van der Waals surface area contributed by atoms with E-state index in [1.807, 2.05) is 0 Å². The molecule has 0 aliphatic heterocycles. The highest BCUT2D eigenvalue weighted by Crippen LogP contribution is 2.24. The number of hydrogen-bond donors (Lipinski definition) is 2. The normalized spacial score (nSPS) is 11.3. The highest BCUT2D eigenvalue weighted by Gasteiger charge is 2.18. The van der Waals surface area contributed by atoms with Gasteiger partial charge in [0.15, 0.2) is 5.82 Å². The third-order valence-corrected chi connectivity index (χ3v) is 4.35. The third-order valence-electron chi connectivity index (χ3n) is 3.01. The van der Waals surface area contributed by atoms with E-state index in [0.717, 1.165) is 17.3 Å². The SMILES string of the molecule is Cc1cc(S(=O)(=O)Nc2ccncc2F)cc(N)c1C. The smallest absolute Gasteiger partial charge is 0.262 e. The van der Waals surface area contributed by atoms with Crippen molar-refractivity contribution in [1.29, 1.82) is 0 Å². The quantitative estimate of drug-likeness (QED) is 0.850. The summed E-state index contributed by atoms with van der Waals surface area (Å²) >= 11 is 0. The molecule has 0 saturated carbocycles. The Morgan fingerprint density at radius 1 is 1.30 bits per heavy atom. The van der Waals surface area contributed by atoms with Crippen molar-refractivity contribution in [2.45, 2.75) is 18.7 Å². The van der Waals surface area contributed by atoms with Crippen LogP contribution in [-0.2, 0) is 10.0 Å². The molecule has 0 spiro atoms. The number of benzene rings is 1. The molecule has 0 radical (unpaired) electrons. The number of rotatable bonds is 3. The Morgan fingerprint density at radius 3 is 2.60 bits per heavy atom. The zero-order valence-corrected chi connectivity index (χ0v) is 11.8. The standard InChI is InChI=1S/C13H14FN3O2S/c1-8-5-10(6-12(15)9(8)2)20(18,19)17-13-3-4-16-7-11(13)14/h3-7H,15H2,1-2H3,(H,16,17). The lowest BCUT2D eigenvalue weighted by atomic mass is 10.1. The molecular formula is C13H14FN3O2S. The first-order valence-electron chi connectivity index (χ1n) is 5.80. The van der Waals surface area contributed by atoms with Gasteiger partial charge in [-0.05, 0) is 43.2 Å². The topological polar surface area (TPSA) is 85.1 Å². The summed E-state index contributed by atoms with van der Waals surface area (Å²) in [7, 11) is -3.90. The van der Waals surface area contributed by atoms with Crippen molar-refractivity contribution in [2.24, 2.45) is 0 Å². The Hall–Kier alpha value is -2.15. The van der Waals surface area contributed by atoms with Crippen molar-refractivity contribution in [3.05, 3.63) is 47.5 Å². The second-order valence-corrected chi connectivity index (χ2v) is 6.10. The Balaban J connectivity index is 2.44. The van der Waals surface area contributed by atoms with Crippen LogP contribution in [0.15, 0.2) is 35.5 Å². The average molecular weight is 295 g/mol. The molecule has 7 heteroatoms. The minimum Gasteiger partial charge on any atom is -0.398 e. The van der Waals surface area contributed by atoms with E-state index >= 15 is 0 Å². The predicted octanol–water partition coefficient (Wildman–Crippen LogP) is 2.22. The number of nitrogens with two attached hydrogens (primary N) is 1. The summed E-state index contributed by atoms with van der Waals surface area (Å²) in [5, 5.41) is 0. The van der Waals surface area contributed by atoms with Crippen molar-refractivity contribution in [3.8, 4) is 0 Å². The van der Waals surface area contributed by atoms with Crippen LogP contribution in [-0.4, -0.2) is 13.4 Å². The first kappa shape index (κ1) is 14.3. The number of hydrogen-bond acceptors (Lipinski definition) is 4. The summed E-state index contributed by atoms with van der Waals surface area (Å²) in [6, 6.07) is 4.09. The van der Waals surface area contributed by atoms with Gasteiger partial charge in [0.1, 0.15) is 0 Å². The zero-order chi connectivity index (χ0) is 14.9. The van der Waals surface area contributed by atoms with Gasteiger partial charge in [-0.2, -0.15) is 0 Å². The van der Waals surface area contributed by atoms with E-state index in [2.05, 4.69) is 9.71 Å². The van der Waals surface area contributed by atoms with Crippen LogP contribution in [0.25, 0.3) is 0 Å². The maximum atomic E-state index is 13.4. The summed E-state index contributed by atoms with van der Waals surface area (Å²) in [5.74, 6) is -0.743. The molecule has 5 nitrogen and oxygen atoms in total. The summed E-state index contributed by atoms with van der Waals surface area (Å²) in [4.78, 5) is 3.55.